The lowest BCUT2D eigenvalue weighted by molar-refractivity contribution is 0.403. The third-order valence-corrected chi connectivity index (χ3v) is 3.20. The number of phenols is 2. The predicted molar refractivity (Wildman–Crippen MR) is 87.2 cm³/mol. The van der Waals surface area contributed by atoms with Gasteiger partial charge in [0.25, 0.3) is 0 Å². The summed E-state index contributed by atoms with van der Waals surface area (Å²) in [5, 5.41) is 18.9. The Bertz CT molecular complexity index is 926. The van der Waals surface area contributed by atoms with Gasteiger partial charge in [0.05, 0.1) is 11.4 Å². The molecule has 0 bridgehead atoms. The fourth-order valence-corrected chi connectivity index (χ4v) is 2.07. The molecular formula is C15H14N6O3. The smallest absolute Gasteiger partial charge is 0.356 e. The summed E-state index contributed by atoms with van der Waals surface area (Å²) in [7, 11) is 0. The number of anilines is 2. The van der Waals surface area contributed by atoms with Gasteiger partial charge in [0.2, 0.25) is 5.95 Å². The summed E-state index contributed by atoms with van der Waals surface area (Å²) in [5.74, 6) is -0.141. The van der Waals surface area contributed by atoms with Crippen molar-refractivity contribution in [3.8, 4) is 17.2 Å². The van der Waals surface area contributed by atoms with E-state index in [0.29, 0.717) is 11.5 Å². The molecule has 0 aliphatic heterocycles. The average Bonchev–Trinajstić information content (AvgIpc) is 2.56. The van der Waals surface area contributed by atoms with Crippen molar-refractivity contribution in [2.24, 2.45) is 0 Å². The van der Waals surface area contributed by atoms with E-state index in [0.717, 1.165) is 5.69 Å². The van der Waals surface area contributed by atoms with E-state index < -0.39 is 5.69 Å². The van der Waals surface area contributed by atoms with Gasteiger partial charge in [0.15, 0.2) is 11.5 Å². The molecule has 0 fully saturated rings. The van der Waals surface area contributed by atoms with Gasteiger partial charge in [0.1, 0.15) is 5.82 Å². The molecule has 0 spiro atoms. The van der Waals surface area contributed by atoms with Crippen LogP contribution >= 0.6 is 0 Å². The van der Waals surface area contributed by atoms with Gasteiger partial charge in [-0.05, 0) is 31.2 Å². The predicted octanol–water partition coefficient (Wildman–Crippen LogP) is 1.18. The minimum atomic E-state index is -0.577. The Morgan fingerprint density at radius 2 is 1.75 bits per heavy atom. The number of aromatic hydroxyl groups is 2. The molecule has 0 atom stereocenters. The molecule has 3 rings (SSSR count). The van der Waals surface area contributed by atoms with Crippen molar-refractivity contribution in [1.29, 1.82) is 0 Å². The highest BCUT2D eigenvalue weighted by molar-refractivity contribution is 5.48. The normalized spacial score (nSPS) is 10.4. The zero-order valence-corrected chi connectivity index (χ0v) is 12.6. The number of hydrogen-bond donors (Lipinski definition) is 4. The van der Waals surface area contributed by atoms with E-state index in [4.69, 9.17) is 0 Å². The minimum absolute atomic E-state index is 0.105. The summed E-state index contributed by atoms with van der Waals surface area (Å²) in [6.45, 7) is 1.63. The summed E-state index contributed by atoms with van der Waals surface area (Å²) in [4.78, 5) is 24.2. The Hall–Kier alpha value is -3.62. The lowest BCUT2D eigenvalue weighted by Crippen LogP contribution is -2.27. The number of benzene rings is 1. The second-order valence-electron chi connectivity index (χ2n) is 4.87. The van der Waals surface area contributed by atoms with E-state index in [1.165, 1.54) is 22.8 Å². The molecule has 1 aromatic carbocycles. The monoisotopic (exact) mass is 326 g/mol. The molecule has 9 nitrogen and oxygen atoms in total. The van der Waals surface area contributed by atoms with Gasteiger partial charge in [-0.15, -0.1) is 0 Å². The van der Waals surface area contributed by atoms with Crippen molar-refractivity contribution in [2.75, 3.05) is 10.9 Å². The zero-order valence-electron chi connectivity index (χ0n) is 12.6. The Kier molecular flexibility index (Phi) is 3.98. The van der Waals surface area contributed by atoms with Crippen LogP contribution in [0, 0.1) is 6.92 Å². The van der Waals surface area contributed by atoms with E-state index in [1.54, 1.807) is 31.5 Å². The Labute approximate surface area is 136 Å². The first-order valence-electron chi connectivity index (χ1n) is 6.97. The highest BCUT2D eigenvalue weighted by atomic mass is 16.3. The molecular weight excluding hydrogens is 312 g/mol. The summed E-state index contributed by atoms with van der Waals surface area (Å²) in [6.07, 6.45) is 3.23. The van der Waals surface area contributed by atoms with Crippen LogP contribution in [0.4, 0.5) is 11.6 Å². The van der Waals surface area contributed by atoms with Crippen molar-refractivity contribution >= 4 is 11.6 Å². The first-order chi connectivity index (χ1) is 11.5. The summed E-state index contributed by atoms with van der Waals surface area (Å²) < 4.78 is 1.22. The fraction of sp³-hybridized carbons (Fsp3) is 0.0667. The van der Waals surface area contributed by atoms with Crippen LogP contribution < -0.4 is 16.5 Å². The Morgan fingerprint density at radius 1 is 1.00 bits per heavy atom. The zero-order chi connectivity index (χ0) is 17.1. The van der Waals surface area contributed by atoms with Crippen LogP contribution in [-0.2, 0) is 0 Å². The molecule has 0 saturated carbocycles. The van der Waals surface area contributed by atoms with Crippen molar-refractivity contribution in [3.05, 3.63) is 59.0 Å². The van der Waals surface area contributed by atoms with Crippen LogP contribution in [0.2, 0.25) is 0 Å². The van der Waals surface area contributed by atoms with Crippen molar-refractivity contribution in [3.63, 3.8) is 0 Å². The summed E-state index contributed by atoms with van der Waals surface area (Å²) in [5.41, 5.74) is 6.10. The maximum Gasteiger partial charge on any atom is 0.356 e. The van der Waals surface area contributed by atoms with Crippen LogP contribution in [0.1, 0.15) is 5.82 Å². The molecule has 9 heteroatoms. The quantitative estimate of drug-likeness (QED) is 0.416. The summed E-state index contributed by atoms with van der Waals surface area (Å²) >= 11 is 0. The van der Waals surface area contributed by atoms with Gasteiger partial charge in [-0.2, -0.15) is 9.97 Å². The molecule has 0 aliphatic rings. The van der Waals surface area contributed by atoms with Gasteiger partial charge in [-0.1, -0.05) is 0 Å². The van der Waals surface area contributed by atoms with Crippen LogP contribution in [0.3, 0.4) is 0 Å². The van der Waals surface area contributed by atoms with E-state index in [2.05, 4.69) is 25.8 Å². The molecule has 24 heavy (non-hydrogen) atoms. The van der Waals surface area contributed by atoms with Crippen molar-refractivity contribution in [2.45, 2.75) is 6.92 Å². The van der Waals surface area contributed by atoms with Crippen molar-refractivity contribution < 1.29 is 10.2 Å². The number of pyridine rings is 1. The van der Waals surface area contributed by atoms with E-state index >= 15 is 0 Å². The van der Waals surface area contributed by atoms with E-state index in [9.17, 15) is 15.0 Å². The maximum atomic E-state index is 12.3. The van der Waals surface area contributed by atoms with Gasteiger partial charge < -0.3 is 10.2 Å². The minimum Gasteiger partial charge on any atom is -0.504 e. The molecule has 0 radical (unpaired) electrons. The van der Waals surface area contributed by atoms with Crippen LogP contribution in [0.5, 0.6) is 11.5 Å². The lowest BCUT2D eigenvalue weighted by atomic mass is 10.2. The molecule has 4 N–H and O–H groups in total. The highest BCUT2D eigenvalue weighted by Crippen LogP contribution is 2.26. The number of hydrazine groups is 1. The maximum absolute atomic E-state index is 12.3. The number of rotatable bonds is 4. The average molecular weight is 326 g/mol. The van der Waals surface area contributed by atoms with Crippen LogP contribution in [-0.4, -0.2) is 29.7 Å². The Morgan fingerprint density at radius 3 is 2.42 bits per heavy atom. The molecule has 0 saturated heterocycles. The van der Waals surface area contributed by atoms with Crippen molar-refractivity contribution in [1.82, 2.24) is 19.5 Å². The molecule has 2 heterocycles. The van der Waals surface area contributed by atoms with Gasteiger partial charge >= 0.3 is 5.69 Å². The fourth-order valence-electron chi connectivity index (χ4n) is 2.07. The van der Waals surface area contributed by atoms with Gasteiger partial charge in [0, 0.05) is 18.5 Å². The first-order valence-corrected chi connectivity index (χ1v) is 6.97. The van der Waals surface area contributed by atoms with E-state index in [-0.39, 0.29) is 17.4 Å². The number of aryl methyl sites for hydroxylation is 1. The van der Waals surface area contributed by atoms with Crippen LogP contribution in [0.15, 0.2) is 47.5 Å². The number of aromatic nitrogens is 4. The lowest BCUT2D eigenvalue weighted by Gasteiger charge is -2.12. The Balaban J connectivity index is 1.88. The number of nitrogens with one attached hydrogen (secondary N) is 2. The molecule has 0 aliphatic carbocycles. The number of nitrogens with zero attached hydrogens (tertiary/aromatic N) is 4. The van der Waals surface area contributed by atoms with E-state index in [1.807, 2.05) is 0 Å². The summed E-state index contributed by atoms with van der Waals surface area (Å²) in [6, 6.07) is 7.50. The molecule has 2 aromatic heterocycles. The molecule has 0 unspecified atom stereocenters. The van der Waals surface area contributed by atoms with Gasteiger partial charge in [-0.25, -0.2) is 9.36 Å². The number of hydrogen-bond acceptors (Lipinski definition) is 8. The van der Waals surface area contributed by atoms with Crippen LogP contribution in [0.25, 0.3) is 5.69 Å². The molecule has 122 valence electrons. The third kappa shape index (κ3) is 3.09. The first kappa shape index (κ1) is 15.3. The standard InChI is InChI=1S/C15H14N6O3/c1-9-17-14(20-19-10-4-6-16-7-5-10)18-15(24)21(9)11-2-3-12(22)13(23)8-11/h2-8,22-23H,1H3,(H,16,19)(H,18,20,24). The second-order valence-corrected chi connectivity index (χ2v) is 4.87. The highest BCUT2D eigenvalue weighted by Gasteiger charge is 2.10. The molecule has 3 aromatic rings. The molecule has 0 amide bonds. The topological polar surface area (TPSA) is 125 Å². The largest absolute Gasteiger partial charge is 0.504 e. The number of phenolic OH excluding ortho intramolecular Hbond substituents is 2. The van der Waals surface area contributed by atoms with Gasteiger partial charge in [-0.3, -0.25) is 15.8 Å². The SMILES string of the molecule is Cc1nc(NNc2ccncc2)nc(=O)n1-c1ccc(O)c(O)c1. The second kappa shape index (κ2) is 6.24. The third-order valence-electron chi connectivity index (χ3n) is 3.20.